The van der Waals surface area contributed by atoms with Crippen molar-refractivity contribution in [3.8, 4) is 5.75 Å². The second-order valence-corrected chi connectivity index (χ2v) is 9.59. The van der Waals surface area contributed by atoms with E-state index in [1.807, 2.05) is 44.2 Å². The van der Waals surface area contributed by atoms with Crippen LogP contribution in [0.1, 0.15) is 29.7 Å². The van der Waals surface area contributed by atoms with Crippen LogP contribution in [0, 0.1) is 6.92 Å². The molecule has 3 aromatic carbocycles. The molecular weight excluding hydrogens is 484 g/mol. The zero-order valence-corrected chi connectivity index (χ0v) is 20.6. The van der Waals surface area contributed by atoms with Gasteiger partial charge in [-0.15, -0.1) is 0 Å². The Balaban J connectivity index is 1.69. The highest BCUT2D eigenvalue weighted by molar-refractivity contribution is 7.22. The molecule has 0 aliphatic carbocycles. The third-order valence-electron chi connectivity index (χ3n) is 5.82. The summed E-state index contributed by atoms with van der Waals surface area (Å²) in [6.07, 6.45) is 0. The fourth-order valence-corrected chi connectivity index (χ4v) is 5.26. The Morgan fingerprint density at radius 1 is 1.09 bits per heavy atom. The van der Waals surface area contributed by atoms with Crippen LogP contribution in [0.2, 0.25) is 5.02 Å². The Labute approximate surface area is 211 Å². The molecule has 1 aromatic heterocycles. The molecule has 1 N–H and O–H groups in total. The van der Waals surface area contributed by atoms with Gasteiger partial charge in [0.15, 0.2) is 5.13 Å². The van der Waals surface area contributed by atoms with Gasteiger partial charge in [0.25, 0.3) is 5.78 Å². The average molecular weight is 505 g/mol. The number of hydrogen-bond donors (Lipinski definition) is 1. The van der Waals surface area contributed by atoms with Crippen molar-refractivity contribution in [1.82, 2.24) is 4.98 Å². The van der Waals surface area contributed by atoms with Crippen molar-refractivity contribution in [3.05, 3.63) is 94.0 Å². The molecular formula is C27H21ClN2O4S. The molecule has 0 unspecified atom stereocenters. The van der Waals surface area contributed by atoms with Crippen LogP contribution in [-0.2, 0) is 9.59 Å². The van der Waals surface area contributed by atoms with Gasteiger partial charge in [-0.05, 0) is 49.7 Å². The summed E-state index contributed by atoms with van der Waals surface area (Å²) >= 11 is 7.39. The number of carbonyl (C=O) groups is 2. The predicted molar refractivity (Wildman–Crippen MR) is 138 cm³/mol. The molecule has 1 aliphatic heterocycles. The number of aliphatic hydroxyl groups excluding tert-OH is 1. The van der Waals surface area contributed by atoms with Crippen molar-refractivity contribution in [1.29, 1.82) is 0 Å². The van der Waals surface area contributed by atoms with Gasteiger partial charge in [0.2, 0.25) is 0 Å². The third kappa shape index (κ3) is 4.17. The Kier molecular flexibility index (Phi) is 6.05. The van der Waals surface area contributed by atoms with Crippen molar-refractivity contribution in [3.63, 3.8) is 0 Å². The first-order chi connectivity index (χ1) is 16.9. The van der Waals surface area contributed by atoms with E-state index in [4.69, 9.17) is 16.3 Å². The lowest BCUT2D eigenvalue weighted by molar-refractivity contribution is -0.132. The lowest BCUT2D eigenvalue weighted by Crippen LogP contribution is -2.29. The number of aliphatic hydroxyl groups is 1. The molecule has 6 nitrogen and oxygen atoms in total. The lowest BCUT2D eigenvalue weighted by Gasteiger charge is -2.23. The fraction of sp³-hybridized carbons (Fsp3) is 0.148. The van der Waals surface area contributed by atoms with E-state index in [9.17, 15) is 14.7 Å². The molecule has 1 fully saturated rings. The average Bonchev–Trinajstić information content (AvgIpc) is 3.38. The number of thiazole rings is 1. The summed E-state index contributed by atoms with van der Waals surface area (Å²) in [6, 6.07) is 18.6. The number of carbonyl (C=O) groups excluding carboxylic acids is 2. The van der Waals surface area contributed by atoms with Crippen LogP contribution in [0.25, 0.3) is 16.0 Å². The number of anilines is 1. The molecule has 176 valence electrons. The summed E-state index contributed by atoms with van der Waals surface area (Å²) in [5.74, 6) is -1.04. The van der Waals surface area contributed by atoms with Gasteiger partial charge >= 0.3 is 5.91 Å². The first kappa shape index (κ1) is 23.1. The first-order valence-electron chi connectivity index (χ1n) is 11.0. The highest BCUT2D eigenvalue weighted by Gasteiger charge is 2.48. The van der Waals surface area contributed by atoms with Crippen LogP contribution < -0.4 is 9.64 Å². The molecule has 1 aliphatic rings. The lowest BCUT2D eigenvalue weighted by atomic mass is 9.95. The number of rotatable bonds is 5. The maximum atomic E-state index is 13.3. The second kappa shape index (κ2) is 9.17. The number of hydrogen-bond acceptors (Lipinski definition) is 6. The Morgan fingerprint density at radius 2 is 1.80 bits per heavy atom. The largest absolute Gasteiger partial charge is 0.507 e. The topological polar surface area (TPSA) is 79.7 Å². The molecule has 0 saturated carbocycles. The number of fused-ring (bicyclic) bond motifs is 1. The molecule has 35 heavy (non-hydrogen) atoms. The zero-order valence-electron chi connectivity index (χ0n) is 19.0. The number of benzene rings is 3. The van der Waals surface area contributed by atoms with Crippen LogP contribution in [0.4, 0.5) is 5.13 Å². The highest BCUT2D eigenvalue weighted by Crippen LogP contribution is 2.44. The molecule has 4 aromatic rings. The van der Waals surface area contributed by atoms with Crippen molar-refractivity contribution in [2.24, 2.45) is 0 Å². The summed E-state index contributed by atoms with van der Waals surface area (Å²) < 4.78 is 6.41. The number of nitrogens with zero attached hydrogens (tertiary/aromatic N) is 2. The van der Waals surface area contributed by atoms with Gasteiger partial charge in [-0.1, -0.05) is 64.9 Å². The van der Waals surface area contributed by atoms with E-state index in [2.05, 4.69) is 4.98 Å². The number of halogens is 1. The maximum Gasteiger partial charge on any atom is 0.301 e. The normalized spacial score (nSPS) is 17.3. The molecule has 1 amide bonds. The van der Waals surface area contributed by atoms with Gasteiger partial charge in [-0.25, -0.2) is 4.98 Å². The fourth-order valence-electron chi connectivity index (χ4n) is 4.11. The summed E-state index contributed by atoms with van der Waals surface area (Å²) in [6.45, 7) is 4.36. The maximum absolute atomic E-state index is 13.3. The van der Waals surface area contributed by atoms with E-state index in [0.717, 1.165) is 10.3 Å². The smallest absolute Gasteiger partial charge is 0.301 e. The van der Waals surface area contributed by atoms with Crippen LogP contribution >= 0.6 is 22.9 Å². The summed E-state index contributed by atoms with van der Waals surface area (Å²) in [7, 11) is 0. The molecule has 0 radical (unpaired) electrons. The number of ketones is 1. The van der Waals surface area contributed by atoms with E-state index in [1.165, 1.54) is 16.2 Å². The van der Waals surface area contributed by atoms with Crippen molar-refractivity contribution in [2.45, 2.75) is 19.9 Å². The number of amides is 1. The Bertz CT molecular complexity index is 1480. The van der Waals surface area contributed by atoms with Crippen molar-refractivity contribution in [2.75, 3.05) is 11.5 Å². The van der Waals surface area contributed by atoms with E-state index in [0.29, 0.717) is 39.2 Å². The number of aromatic nitrogens is 1. The van der Waals surface area contributed by atoms with E-state index < -0.39 is 17.7 Å². The van der Waals surface area contributed by atoms with Crippen LogP contribution in [0.3, 0.4) is 0 Å². The van der Waals surface area contributed by atoms with Gasteiger partial charge in [-0.2, -0.15) is 0 Å². The first-order valence-corrected chi connectivity index (χ1v) is 12.2. The van der Waals surface area contributed by atoms with E-state index in [-0.39, 0.29) is 11.3 Å². The third-order valence-corrected chi connectivity index (χ3v) is 7.09. The monoisotopic (exact) mass is 504 g/mol. The summed E-state index contributed by atoms with van der Waals surface area (Å²) in [5, 5.41) is 12.1. The summed E-state index contributed by atoms with van der Waals surface area (Å²) in [5.41, 5.74) is 2.80. The van der Waals surface area contributed by atoms with E-state index in [1.54, 1.807) is 36.4 Å². The van der Waals surface area contributed by atoms with Crippen LogP contribution in [0.15, 0.2) is 72.3 Å². The number of Topliss-reactive ketones (excluding diaryl/α,β-unsaturated/α-hetero) is 1. The molecule has 0 spiro atoms. The molecule has 1 saturated heterocycles. The van der Waals surface area contributed by atoms with Crippen LogP contribution in [-0.4, -0.2) is 28.4 Å². The number of ether oxygens (including phenoxy) is 1. The molecule has 2 heterocycles. The van der Waals surface area contributed by atoms with Crippen molar-refractivity contribution < 1.29 is 19.4 Å². The highest BCUT2D eigenvalue weighted by atomic mass is 35.5. The van der Waals surface area contributed by atoms with Crippen molar-refractivity contribution >= 4 is 55.7 Å². The van der Waals surface area contributed by atoms with Gasteiger partial charge in [0.05, 0.1) is 28.4 Å². The second-order valence-electron chi connectivity index (χ2n) is 8.15. The van der Waals surface area contributed by atoms with Gasteiger partial charge in [0, 0.05) is 10.6 Å². The summed E-state index contributed by atoms with van der Waals surface area (Å²) in [4.78, 5) is 32.6. The SMILES string of the molecule is CCOc1ccc2nc(N3C(=O)C(=O)/C(=C(/O)c4ccc(C)cc4)[C@H]3c3ccc(Cl)cc3)sc2c1. The minimum Gasteiger partial charge on any atom is -0.507 e. The van der Waals surface area contributed by atoms with E-state index >= 15 is 0 Å². The quantitative estimate of drug-likeness (QED) is 0.196. The Hall–Kier alpha value is -3.68. The molecule has 1 atom stereocenters. The number of aryl methyl sites for hydroxylation is 1. The zero-order chi connectivity index (χ0) is 24.7. The minimum atomic E-state index is -0.861. The van der Waals surface area contributed by atoms with Crippen LogP contribution in [0.5, 0.6) is 5.75 Å². The van der Waals surface area contributed by atoms with Gasteiger partial charge in [0.1, 0.15) is 11.5 Å². The predicted octanol–water partition coefficient (Wildman–Crippen LogP) is 6.28. The minimum absolute atomic E-state index is 0.00966. The molecule has 0 bridgehead atoms. The van der Waals surface area contributed by atoms with Gasteiger partial charge < -0.3 is 9.84 Å². The molecule has 8 heteroatoms. The molecule has 5 rings (SSSR count). The Morgan fingerprint density at radius 3 is 2.49 bits per heavy atom. The standard InChI is InChI=1S/C27H21ClN2O4S/c1-3-34-19-12-13-20-21(14-19)35-27(29-20)30-23(16-8-10-18(28)11-9-16)22(25(32)26(30)33)24(31)17-6-4-15(2)5-7-17/h4-14,23,31H,3H2,1-2H3/b24-22+/t23-/m1/s1. The van der Waals surface area contributed by atoms with Gasteiger partial charge in [-0.3, -0.25) is 14.5 Å².